The Hall–Kier alpha value is -1.02. The van der Waals surface area contributed by atoms with Crippen LogP contribution < -0.4 is 0 Å². The Kier molecular flexibility index (Phi) is 3.32. The van der Waals surface area contributed by atoms with Gasteiger partial charge >= 0.3 is 0 Å². The van der Waals surface area contributed by atoms with E-state index >= 15 is 0 Å². The van der Waals surface area contributed by atoms with Gasteiger partial charge in [-0.25, -0.2) is 0 Å². The molecule has 1 spiro atoms. The number of hydrogen-bond donors (Lipinski definition) is 2. The van der Waals surface area contributed by atoms with Gasteiger partial charge in [0.15, 0.2) is 5.78 Å². The van der Waals surface area contributed by atoms with Gasteiger partial charge in [0.2, 0.25) is 0 Å². The van der Waals surface area contributed by atoms with Crippen LogP contribution in [-0.4, -0.2) is 49.0 Å². The fraction of sp³-hybridized carbons (Fsp3) is 0.688. The maximum absolute atomic E-state index is 12.7. The minimum atomic E-state index is -3.66. The Balaban J connectivity index is 2.07. The van der Waals surface area contributed by atoms with Crippen LogP contribution >= 0.6 is 0 Å². The molecule has 1 saturated carbocycles. The van der Waals surface area contributed by atoms with Gasteiger partial charge in [0.05, 0.1) is 19.0 Å². The maximum Gasteiger partial charge on any atom is 0.264 e. The molecule has 0 aromatic heterocycles. The molecule has 0 aromatic rings. The van der Waals surface area contributed by atoms with Crippen LogP contribution in [0.2, 0.25) is 0 Å². The van der Waals surface area contributed by atoms with E-state index in [4.69, 9.17) is 4.18 Å². The van der Waals surface area contributed by atoms with Crippen molar-refractivity contribution in [3.63, 3.8) is 0 Å². The Morgan fingerprint density at radius 1 is 1.35 bits per heavy atom. The average molecular weight is 342 g/mol. The molecule has 6 nitrogen and oxygen atoms in total. The largest absolute Gasteiger partial charge is 0.387 e. The first-order valence-electron chi connectivity index (χ1n) is 7.60. The van der Waals surface area contributed by atoms with Gasteiger partial charge in [0.25, 0.3) is 10.1 Å². The lowest BCUT2D eigenvalue weighted by atomic mass is 9.67. The summed E-state index contributed by atoms with van der Waals surface area (Å²) >= 11 is 0. The van der Waals surface area contributed by atoms with E-state index in [-0.39, 0.29) is 12.2 Å². The van der Waals surface area contributed by atoms with Crippen LogP contribution in [0.4, 0.5) is 0 Å². The predicted octanol–water partition coefficient (Wildman–Crippen LogP) is 0.700. The molecule has 2 N–H and O–H groups in total. The van der Waals surface area contributed by atoms with Gasteiger partial charge in [-0.15, -0.1) is 0 Å². The number of hydrogen-bond acceptors (Lipinski definition) is 6. The predicted molar refractivity (Wildman–Crippen MR) is 83.0 cm³/mol. The van der Waals surface area contributed by atoms with Crippen molar-refractivity contribution in [2.75, 3.05) is 12.9 Å². The highest BCUT2D eigenvalue weighted by atomic mass is 32.2. The smallest absolute Gasteiger partial charge is 0.264 e. The number of fused-ring (bicyclic) bond motifs is 1. The Labute approximate surface area is 136 Å². The number of ketones is 1. The van der Waals surface area contributed by atoms with Crippen LogP contribution in [0.3, 0.4) is 0 Å². The number of rotatable bonds is 3. The lowest BCUT2D eigenvalue weighted by Gasteiger charge is -2.39. The van der Waals surface area contributed by atoms with Gasteiger partial charge in [0.1, 0.15) is 5.60 Å². The Morgan fingerprint density at radius 2 is 1.91 bits per heavy atom. The molecular formula is C16H22O6S. The maximum atomic E-state index is 12.7. The summed E-state index contributed by atoms with van der Waals surface area (Å²) in [7, 11) is -3.66. The van der Waals surface area contributed by atoms with E-state index in [2.05, 4.69) is 0 Å². The third-order valence-electron chi connectivity index (χ3n) is 5.74. The zero-order chi connectivity index (χ0) is 17.4. The minimum Gasteiger partial charge on any atom is -0.387 e. The summed E-state index contributed by atoms with van der Waals surface area (Å²) in [5.74, 6) is -0.405. The van der Waals surface area contributed by atoms with Crippen molar-refractivity contribution >= 4 is 15.9 Å². The molecule has 7 heteroatoms. The summed E-state index contributed by atoms with van der Waals surface area (Å²) in [5.41, 5.74) is -1.48. The van der Waals surface area contributed by atoms with Gasteiger partial charge < -0.3 is 10.2 Å². The van der Waals surface area contributed by atoms with Gasteiger partial charge in [-0.3, -0.25) is 8.98 Å². The third kappa shape index (κ3) is 2.17. The second-order valence-corrected chi connectivity index (χ2v) is 9.10. The van der Waals surface area contributed by atoms with E-state index in [1.165, 1.54) is 6.92 Å². The summed E-state index contributed by atoms with van der Waals surface area (Å²) in [6, 6.07) is 0. The highest BCUT2D eigenvalue weighted by molar-refractivity contribution is 7.85. The van der Waals surface area contributed by atoms with Gasteiger partial charge in [-0.2, -0.15) is 8.42 Å². The fourth-order valence-corrected chi connectivity index (χ4v) is 4.47. The first kappa shape index (κ1) is 16.8. The van der Waals surface area contributed by atoms with E-state index in [9.17, 15) is 23.4 Å². The number of Topliss-reactive ketones (excluding diaryl/α,β-unsaturated/α-hetero) is 1. The summed E-state index contributed by atoms with van der Waals surface area (Å²) in [5, 5.41) is 21.5. The van der Waals surface area contributed by atoms with Crippen LogP contribution in [0, 0.1) is 10.8 Å². The van der Waals surface area contributed by atoms with Crippen molar-refractivity contribution < 1.29 is 27.6 Å². The number of carbonyl (C=O) groups is 1. The topological polar surface area (TPSA) is 101 Å². The SMILES string of the molecule is CC1=C2C(=CC(C)(COS(C)(=O)=O)C2O)C(=O)C(C)(O)C12CC2. The van der Waals surface area contributed by atoms with Crippen molar-refractivity contribution in [2.24, 2.45) is 10.8 Å². The molecule has 3 rings (SSSR count). The quantitative estimate of drug-likeness (QED) is 0.732. The highest BCUT2D eigenvalue weighted by Crippen LogP contribution is 2.65. The first-order valence-corrected chi connectivity index (χ1v) is 9.41. The van der Waals surface area contributed by atoms with Crippen molar-refractivity contribution in [3.8, 4) is 0 Å². The Bertz CT molecular complexity index is 753. The molecule has 0 aromatic carbocycles. The van der Waals surface area contributed by atoms with Crippen molar-refractivity contribution in [1.82, 2.24) is 0 Å². The summed E-state index contributed by atoms with van der Waals surface area (Å²) in [6.45, 7) is 4.76. The summed E-state index contributed by atoms with van der Waals surface area (Å²) in [6.07, 6.45) is 2.87. The van der Waals surface area contributed by atoms with Crippen molar-refractivity contribution in [1.29, 1.82) is 0 Å². The van der Waals surface area contributed by atoms with Crippen LogP contribution in [0.25, 0.3) is 0 Å². The molecule has 128 valence electrons. The molecular weight excluding hydrogens is 320 g/mol. The fourth-order valence-electron chi connectivity index (χ4n) is 4.00. The molecule has 3 unspecified atom stereocenters. The summed E-state index contributed by atoms with van der Waals surface area (Å²) in [4.78, 5) is 12.7. The van der Waals surface area contributed by atoms with Crippen LogP contribution in [0.1, 0.15) is 33.6 Å². The monoisotopic (exact) mass is 342 g/mol. The van der Waals surface area contributed by atoms with E-state index in [0.717, 1.165) is 11.8 Å². The zero-order valence-corrected chi connectivity index (χ0v) is 14.5. The van der Waals surface area contributed by atoms with Crippen LogP contribution in [0.5, 0.6) is 0 Å². The van der Waals surface area contributed by atoms with Gasteiger partial charge in [-0.05, 0) is 32.3 Å². The lowest BCUT2D eigenvalue weighted by Crippen LogP contribution is -2.50. The molecule has 0 saturated heterocycles. The molecule has 1 fully saturated rings. The average Bonchev–Trinajstić information content (AvgIpc) is 3.18. The molecule has 0 heterocycles. The minimum absolute atomic E-state index is 0.254. The number of aliphatic hydroxyl groups is 2. The second-order valence-electron chi connectivity index (χ2n) is 7.45. The molecule has 0 bridgehead atoms. The van der Waals surface area contributed by atoms with Gasteiger partial charge in [-0.1, -0.05) is 18.6 Å². The standard InChI is InChI=1S/C16H22O6S/c1-9-11-10(12(17)15(3,19)16(9)5-6-16)7-14(2,13(11)18)8-22-23(4,20)21/h7,13,18-19H,5-6,8H2,1-4H3. The molecule has 0 aliphatic heterocycles. The molecule has 0 radical (unpaired) electrons. The van der Waals surface area contributed by atoms with E-state index < -0.39 is 38.4 Å². The number of carbonyl (C=O) groups excluding carboxylic acids is 1. The third-order valence-corrected chi connectivity index (χ3v) is 6.28. The Morgan fingerprint density at radius 3 is 2.39 bits per heavy atom. The van der Waals surface area contributed by atoms with Gasteiger partial charge in [0, 0.05) is 16.4 Å². The zero-order valence-electron chi connectivity index (χ0n) is 13.7. The highest BCUT2D eigenvalue weighted by Gasteiger charge is 2.66. The molecule has 3 aliphatic carbocycles. The summed E-state index contributed by atoms with van der Waals surface area (Å²) < 4.78 is 27.4. The van der Waals surface area contributed by atoms with Crippen molar-refractivity contribution in [2.45, 2.75) is 45.3 Å². The second kappa shape index (κ2) is 4.53. The van der Waals surface area contributed by atoms with Crippen LogP contribution in [0.15, 0.2) is 22.8 Å². The number of aliphatic hydroxyl groups excluding tert-OH is 1. The lowest BCUT2D eigenvalue weighted by molar-refractivity contribution is -0.138. The van der Waals surface area contributed by atoms with E-state index in [0.29, 0.717) is 18.4 Å². The molecule has 3 aliphatic rings. The molecule has 3 atom stereocenters. The van der Waals surface area contributed by atoms with Crippen molar-refractivity contribution in [3.05, 3.63) is 22.8 Å². The molecule has 23 heavy (non-hydrogen) atoms. The normalized spacial score (nSPS) is 38.8. The first-order chi connectivity index (χ1) is 10.4. The van der Waals surface area contributed by atoms with E-state index in [1.54, 1.807) is 13.0 Å². The van der Waals surface area contributed by atoms with Crippen LogP contribution in [-0.2, 0) is 19.1 Å². The molecule has 0 amide bonds. The van der Waals surface area contributed by atoms with E-state index in [1.807, 2.05) is 6.92 Å².